The van der Waals surface area contributed by atoms with Crippen molar-refractivity contribution in [2.24, 2.45) is 11.8 Å². The average molecular weight is 462 g/mol. The summed E-state index contributed by atoms with van der Waals surface area (Å²) in [7, 11) is 1.66. The van der Waals surface area contributed by atoms with Gasteiger partial charge in [0.2, 0.25) is 0 Å². The Bertz CT molecular complexity index is 965. The molecule has 2 unspecified atom stereocenters. The van der Waals surface area contributed by atoms with E-state index in [0.717, 1.165) is 36.9 Å². The van der Waals surface area contributed by atoms with Gasteiger partial charge in [-0.05, 0) is 85.8 Å². The van der Waals surface area contributed by atoms with Gasteiger partial charge in [0.25, 0.3) is 0 Å². The van der Waals surface area contributed by atoms with Crippen molar-refractivity contribution in [1.29, 1.82) is 0 Å². The van der Waals surface area contributed by atoms with Gasteiger partial charge in [0.05, 0.1) is 22.8 Å². The van der Waals surface area contributed by atoms with E-state index in [2.05, 4.69) is 11.4 Å². The molecule has 0 saturated heterocycles. The molecule has 2 aromatic carbocycles. The summed E-state index contributed by atoms with van der Waals surface area (Å²) in [4.78, 5) is 0. The van der Waals surface area contributed by atoms with Gasteiger partial charge in [-0.15, -0.1) is 0 Å². The summed E-state index contributed by atoms with van der Waals surface area (Å²) in [6.45, 7) is 1.15. The van der Waals surface area contributed by atoms with E-state index < -0.39 is 5.60 Å². The molecule has 0 aromatic heterocycles. The second-order valence-electron chi connectivity index (χ2n) is 9.84. The van der Waals surface area contributed by atoms with Crippen molar-refractivity contribution in [2.45, 2.75) is 62.8 Å². The lowest BCUT2D eigenvalue weighted by atomic mass is 9.51. The maximum atomic E-state index is 11.0. The molecule has 2 atom stereocenters. The zero-order chi connectivity index (χ0) is 21.6. The highest BCUT2D eigenvalue weighted by molar-refractivity contribution is 6.42. The maximum Gasteiger partial charge on any atom is 0.161 e. The van der Waals surface area contributed by atoms with E-state index in [1.807, 2.05) is 24.3 Å². The Morgan fingerprint density at radius 1 is 0.968 bits per heavy atom. The van der Waals surface area contributed by atoms with Crippen LogP contribution in [0.3, 0.4) is 0 Å². The van der Waals surface area contributed by atoms with Gasteiger partial charge >= 0.3 is 0 Å². The lowest BCUT2D eigenvalue weighted by Gasteiger charge is -2.60. The van der Waals surface area contributed by atoms with Crippen LogP contribution in [-0.4, -0.2) is 23.4 Å². The lowest BCUT2D eigenvalue weighted by molar-refractivity contribution is -0.142. The van der Waals surface area contributed by atoms with Crippen LogP contribution in [-0.2, 0) is 13.2 Å². The standard InChI is InChI=1S/C25H29Cl2NO3/c1-30-23-8-16(3-5-22(23)31-14-17-2-4-20(26)21(27)7-17)13-28-24-9-18-6-19(10-24)12-25(29,11-18)15-24/h2-5,7-8,18-19,28-29H,6,9-15H2,1H3. The van der Waals surface area contributed by atoms with Gasteiger partial charge in [-0.2, -0.15) is 0 Å². The Morgan fingerprint density at radius 2 is 1.71 bits per heavy atom. The van der Waals surface area contributed by atoms with Gasteiger partial charge in [-0.3, -0.25) is 0 Å². The van der Waals surface area contributed by atoms with Crippen molar-refractivity contribution in [3.8, 4) is 11.5 Å². The monoisotopic (exact) mass is 461 g/mol. The van der Waals surface area contributed by atoms with Crippen LogP contribution in [0.5, 0.6) is 11.5 Å². The van der Waals surface area contributed by atoms with Crippen LogP contribution in [0.4, 0.5) is 0 Å². The molecular weight excluding hydrogens is 433 g/mol. The third-order valence-electron chi connectivity index (χ3n) is 7.30. The Hall–Kier alpha value is -1.46. The normalized spacial score (nSPS) is 31.1. The van der Waals surface area contributed by atoms with Crippen molar-refractivity contribution in [2.75, 3.05) is 7.11 Å². The first-order valence-corrected chi connectivity index (χ1v) is 11.8. The first kappa shape index (κ1) is 21.4. The van der Waals surface area contributed by atoms with E-state index in [-0.39, 0.29) is 5.54 Å². The van der Waals surface area contributed by atoms with E-state index in [9.17, 15) is 5.11 Å². The first-order valence-electron chi connectivity index (χ1n) is 11.1. The molecule has 166 valence electrons. The molecular formula is C25H29Cl2NO3. The molecule has 0 radical (unpaired) electrons. The highest BCUT2D eigenvalue weighted by Crippen LogP contribution is 2.57. The predicted octanol–water partition coefficient (Wildman–Crippen LogP) is 5.75. The minimum Gasteiger partial charge on any atom is -0.493 e. The molecule has 4 aliphatic carbocycles. The van der Waals surface area contributed by atoms with E-state index in [1.54, 1.807) is 13.2 Å². The second kappa shape index (κ2) is 8.15. The van der Waals surface area contributed by atoms with Gasteiger partial charge in [0, 0.05) is 12.1 Å². The highest BCUT2D eigenvalue weighted by Gasteiger charge is 2.56. The van der Waals surface area contributed by atoms with Crippen LogP contribution < -0.4 is 14.8 Å². The molecule has 0 heterocycles. The van der Waals surface area contributed by atoms with Crippen molar-refractivity contribution in [3.63, 3.8) is 0 Å². The quantitative estimate of drug-likeness (QED) is 0.550. The summed E-state index contributed by atoms with van der Waals surface area (Å²) >= 11 is 12.1. The number of halogens is 2. The van der Waals surface area contributed by atoms with E-state index in [0.29, 0.717) is 40.0 Å². The topological polar surface area (TPSA) is 50.7 Å². The van der Waals surface area contributed by atoms with Crippen molar-refractivity contribution >= 4 is 23.2 Å². The molecule has 4 fully saturated rings. The molecule has 31 heavy (non-hydrogen) atoms. The number of nitrogens with one attached hydrogen (secondary N) is 1. The molecule has 4 bridgehead atoms. The summed E-state index contributed by atoms with van der Waals surface area (Å²) < 4.78 is 11.6. The smallest absolute Gasteiger partial charge is 0.161 e. The fourth-order valence-electron chi connectivity index (χ4n) is 6.44. The summed E-state index contributed by atoms with van der Waals surface area (Å²) in [6.07, 6.45) is 6.54. The van der Waals surface area contributed by atoms with Gasteiger partial charge in [0.15, 0.2) is 11.5 Å². The number of hydrogen-bond acceptors (Lipinski definition) is 4. The zero-order valence-electron chi connectivity index (χ0n) is 17.8. The number of ether oxygens (including phenoxy) is 2. The Labute approximate surface area is 193 Å². The Kier molecular flexibility index (Phi) is 5.62. The molecule has 6 heteroatoms. The molecule has 2 aromatic rings. The average Bonchev–Trinajstić information content (AvgIpc) is 2.71. The number of benzene rings is 2. The molecule has 4 aliphatic rings. The third kappa shape index (κ3) is 4.41. The van der Waals surface area contributed by atoms with Gasteiger partial charge < -0.3 is 19.9 Å². The number of rotatable bonds is 7. The lowest BCUT2D eigenvalue weighted by Crippen LogP contribution is -2.64. The largest absolute Gasteiger partial charge is 0.493 e. The minimum atomic E-state index is -0.447. The molecule has 6 rings (SSSR count). The number of hydrogen-bond donors (Lipinski definition) is 2. The second-order valence-corrected chi connectivity index (χ2v) is 10.7. The van der Waals surface area contributed by atoms with E-state index >= 15 is 0 Å². The minimum absolute atomic E-state index is 0.0785. The highest BCUT2D eigenvalue weighted by atomic mass is 35.5. The number of methoxy groups -OCH3 is 1. The molecule has 0 spiro atoms. The molecule has 2 N–H and O–H groups in total. The van der Waals surface area contributed by atoms with Crippen molar-refractivity contribution in [3.05, 3.63) is 57.6 Å². The van der Waals surface area contributed by atoms with E-state index in [1.165, 1.54) is 19.3 Å². The summed E-state index contributed by atoms with van der Waals surface area (Å²) in [5, 5.41) is 15.9. The van der Waals surface area contributed by atoms with Crippen LogP contribution in [0.2, 0.25) is 10.0 Å². The SMILES string of the molecule is COc1cc(CNC23CC4CC(CC(O)(C4)C2)C3)ccc1OCc1ccc(Cl)c(Cl)c1. The third-order valence-corrected chi connectivity index (χ3v) is 8.04. The number of aliphatic hydroxyl groups is 1. The van der Waals surface area contributed by atoms with Crippen LogP contribution in [0.25, 0.3) is 0 Å². The van der Waals surface area contributed by atoms with Crippen LogP contribution in [0.1, 0.15) is 49.7 Å². The van der Waals surface area contributed by atoms with Crippen molar-refractivity contribution in [1.82, 2.24) is 5.32 Å². The predicted molar refractivity (Wildman–Crippen MR) is 123 cm³/mol. The van der Waals surface area contributed by atoms with Crippen molar-refractivity contribution < 1.29 is 14.6 Å². The van der Waals surface area contributed by atoms with Crippen LogP contribution in [0, 0.1) is 11.8 Å². The van der Waals surface area contributed by atoms with E-state index in [4.69, 9.17) is 32.7 Å². The Balaban J connectivity index is 1.24. The molecule has 4 saturated carbocycles. The fraction of sp³-hybridized carbons (Fsp3) is 0.520. The zero-order valence-corrected chi connectivity index (χ0v) is 19.3. The summed E-state index contributed by atoms with van der Waals surface area (Å²) in [5.74, 6) is 2.75. The maximum absolute atomic E-state index is 11.0. The first-order chi connectivity index (χ1) is 14.9. The van der Waals surface area contributed by atoms with Crippen LogP contribution in [0.15, 0.2) is 36.4 Å². The van der Waals surface area contributed by atoms with Gasteiger partial charge in [-0.25, -0.2) is 0 Å². The summed E-state index contributed by atoms with van der Waals surface area (Å²) in [6, 6.07) is 11.6. The molecule has 0 aliphatic heterocycles. The van der Waals surface area contributed by atoms with Crippen LogP contribution >= 0.6 is 23.2 Å². The molecule has 0 amide bonds. The summed E-state index contributed by atoms with van der Waals surface area (Å²) in [5.41, 5.74) is 1.73. The Morgan fingerprint density at radius 3 is 2.39 bits per heavy atom. The van der Waals surface area contributed by atoms with Gasteiger partial charge in [0.1, 0.15) is 6.61 Å². The van der Waals surface area contributed by atoms with Gasteiger partial charge in [-0.1, -0.05) is 35.3 Å². The molecule has 4 nitrogen and oxygen atoms in total. The fourth-order valence-corrected chi connectivity index (χ4v) is 6.76.